The van der Waals surface area contributed by atoms with E-state index in [-0.39, 0.29) is 12.5 Å². The maximum atomic E-state index is 12.3. The second kappa shape index (κ2) is 8.09. The van der Waals surface area contributed by atoms with E-state index in [0.717, 1.165) is 41.2 Å². The molecule has 1 saturated carbocycles. The van der Waals surface area contributed by atoms with Gasteiger partial charge in [-0.1, -0.05) is 42.1 Å². The van der Waals surface area contributed by atoms with Crippen molar-refractivity contribution < 1.29 is 4.79 Å². The number of nitrogens with zero attached hydrogens (tertiary/aromatic N) is 1. The summed E-state index contributed by atoms with van der Waals surface area (Å²) in [6.45, 7) is 0.162. The molecule has 3 rings (SSSR count). The molecule has 2 aromatic rings. The number of hydrogen-bond acceptors (Lipinski definition) is 4. The minimum atomic E-state index is -0.670. The third kappa shape index (κ3) is 4.55. The second-order valence-electron chi connectivity index (χ2n) is 6.21. The van der Waals surface area contributed by atoms with Gasteiger partial charge in [0.25, 0.3) is 0 Å². The summed E-state index contributed by atoms with van der Waals surface area (Å²) < 4.78 is 0. The van der Waals surface area contributed by atoms with Gasteiger partial charge in [-0.15, -0.1) is 0 Å². The lowest BCUT2D eigenvalue weighted by Gasteiger charge is -2.22. The highest BCUT2D eigenvalue weighted by Crippen LogP contribution is 2.33. The van der Waals surface area contributed by atoms with Crippen LogP contribution in [0.5, 0.6) is 0 Å². The van der Waals surface area contributed by atoms with E-state index in [9.17, 15) is 10.1 Å². The van der Waals surface area contributed by atoms with Crippen molar-refractivity contribution in [3.05, 3.63) is 54.6 Å². The molecule has 2 aromatic carbocycles. The number of carbonyl (C=O) groups excluding carboxylic acids is 1. The molecular weight excluding hydrogens is 330 g/mol. The van der Waals surface area contributed by atoms with Crippen LogP contribution in [0.25, 0.3) is 0 Å². The van der Waals surface area contributed by atoms with Crippen molar-refractivity contribution in [1.29, 1.82) is 5.26 Å². The fraction of sp³-hybridized carbons (Fsp3) is 0.300. The highest BCUT2D eigenvalue weighted by molar-refractivity contribution is 7.99. The summed E-state index contributed by atoms with van der Waals surface area (Å²) in [6, 6.07) is 20.4. The average molecular weight is 351 g/mol. The fourth-order valence-electron chi connectivity index (χ4n) is 3.05. The summed E-state index contributed by atoms with van der Waals surface area (Å²) in [6.07, 6.45) is 3.49. The number of nitriles is 1. The zero-order valence-electron chi connectivity index (χ0n) is 14.0. The molecule has 1 amide bonds. The van der Waals surface area contributed by atoms with Gasteiger partial charge in [0.1, 0.15) is 5.54 Å². The second-order valence-corrected chi connectivity index (χ2v) is 7.33. The minimum Gasteiger partial charge on any atom is -0.375 e. The Kier molecular flexibility index (Phi) is 5.62. The van der Waals surface area contributed by atoms with E-state index in [1.165, 1.54) is 0 Å². The van der Waals surface area contributed by atoms with Gasteiger partial charge in [-0.3, -0.25) is 4.79 Å². The Bertz CT molecular complexity index is 764. The topological polar surface area (TPSA) is 64.9 Å². The molecule has 0 spiro atoms. The maximum Gasteiger partial charge on any atom is 0.240 e. The van der Waals surface area contributed by atoms with Crippen LogP contribution in [0.1, 0.15) is 25.7 Å². The highest BCUT2D eigenvalue weighted by Gasteiger charge is 2.35. The van der Waals surface area contributed by atoms with Gasteiger partial charge in [0, 0.05) is 15.5 Å². The largest absolute Gasteiger partial charge is 0.375 e. The van der Waals surface area contributed by atoms with Crippen molar-refractivity contribution in [2.24, 2.45) is 0 Å². The Morgan fingerprint density at radius 2 is 1.76 bits per heavy atom. The number of para-hydroxylation sites is 1. The molecule has 0 atom stereocenters. The van der Waals surface area contributed by atoms with E-state index in [4.69, 9.17) is 0 Å². The van der Waals surface area contributed by atoms with Crippen LogP contribution in [-0.4, -0.2) is 18.0 Å². The lowest BCUT2D eigenvalue weighted by molar-refractivity contribution is -0.120. The molecule has 0 unspecified atom stereocenters. The van der Waals surface area contributed by atoms with E-state index in [1.54, 1.807) is 11.8 Å². The Balaban J connectivity index is 1.61. The molecule has 25 heavy (non-hydrogen) atoms. The normalized spacial score (nSPS) is 15.3. The molecule has 0 bridgehead atoms. The van der Waals surface area contributed by atoms with Gasteiger partial charge in [-0.05, 0) is 49.9 Å². The summed E-state index contributed by atoms with van der Waals surface area (Å²) in [5.41, 5.74) is 0.251. The van der Waals surface area contributed by atoms with Gasteiger partial charge in [-0.25, -0.2) is 0 Å². The first-order chi connectivity index (χ1) is 12.2. The lowest BCUT2D eigenvalue weighted by atomic mass is 10.00. The van der Waals surface area contributed by atoms with Crippen molar-refractivity contribution in [3.63, 3.8) is 0 Å². The Morgan fingerprint density at radius 1 is 1.08 bits per heavy atom. The molecular formula is C20H21N3OS. The number of rotatable bonds is 6. The Labute approximate surface area is 152 Å². The average Bonchev–Trinajstić information content (AvgIpc) is 3.11. The van der Waals surface area contributed by atoms with Crippen LogP contribution in [0.3, 0.4) is 0 Å². The summed E-state index contributed by atoms with van der Waals surface area (Å²) in [5, 5.41) is 15.5. The molecule has 0 saturated heterocycles. The predicted octanol–water partition coefficient (Wildman–Crippen LogP) is 4.20. The van der Waals surface area contributed by atoms with E-state index >= 15 is 0 Å². The number of benzene rings is 2. The molecule has 0 aromatic heterocycles. The van der Waals surface area contributed by atoms with E-state index < -0.39 is 5.54 Å². The summed E-state index contributed by atoms with van der Waals surface area (Å²) in [5.74, 6) is -0.136. The van der Waals surface area contributed by atoms with Gasteiger partial charge < -0.3 is 10.6 Å². The zero-order chi connectivity index (χ0) is 17.5. The monoisotopic (exact) mass is 351 g/mol. The Hall–Kier alpha value is -2.45. The molecule has 128 valence electrons. The first kappa shape index (κ1) is 17.4. The minimum absolute atomic E-state index is 0.136. The first-order valence-electron chi connectivity index (χ1n) is 8.49. The standard InChI is InChI=1S/C20H21N3OS/c21-15-20(12-6-7-13-20)23-19(24)14-22-17-10-4-5-11-18(17)25-16-8-2-1-3-9-16/h1-5,8-11,22H,6-7,12-14H2,(H,23,24). The van der Waals surface area contributed by atoms with Crippen molar-refractivity contribution >= 4 is 23.4 Å². The third-order valence-corrected chi connectivity index (χ3v) is 5.43. The third-order valence-electron chi connectivity index (χ3n) is 4.35. The number of hydrogen-bond donors (Lipinski definition) is 2. The van der Waals surface area contributed by atoms with Crippen molar-refractivity contribution in [3.8, 4) is 6.07 Å². The summed E-state index contributed by atoms with van der Waals surface area (Å²) in [7, 11) is 0. The van der Waals surface area contributed by atoms with Crippen LogP contribution in [0.2, 0.25) is 0 Å². The van der Waals surface area contributed by atoms with Gasteiger partial charge in [0.2, 0.25) is 5.91 Å². The molecule has 1 aliphatic rings. The quantitative estimate of drug-likeness (QED) is 0.818. The first-order valence-corrected chi connectivity index (χ1v) is 9.30. The molecule has 1 aliphatic carbocycles. The SMILES string of the molecule is N#CC1(NC(=O)CNc2ccccc2Sc2ccccc2)CCCC1. The van der Waals surface area contributed by atoms with Crippen LogP contribution in [-0.2, 0) is 4.79 Å². The van der Waals surface area contributed by atoms with Crippen LogP contribution < -0.4 is 10.6 Å². The smallest absolute Gasteiger partial charge is 0.240 e. The number of amides is 1. The molecule has 0 heterocycles. The van der Waals surface area contributed by atoms with E-state index in [1.807, 2.05) is 42.5 Å². The molecule has 1 fully saturated rings. The van der Waals surface area contributed by atoms with Gasteiger partial charge in [0.15, 0.2) is 0 Å². The van der Waals surface area contributed by atoms with E-state index in [0.29, 0.717) is 0 Å². The Morgan fingerprint density at radius 3 is 2.48 bits per heavy atom. The zero-order valence-corrected chi connectivity index (χ0v) is 14.8. The van der Waals surface area contributed by atoms with Crippen molar-refractivity contribution in [2.75, 3.05) is 11.9 Å². The molecule has 0 radical (unpaired) electrons. The summed E-state index contributed by atoms with van der Waals surface area (Å²) in [4.78, 5) is 14.5. The number of nitrogens with one attached hydrogen (secondary N) is 2. The van der Waals surface area contributed by atoms with E-state index in [2.05, 4.69) is 28.8 Å². The maximum absolute atomic E-state index is 12.3. The fourth-order valence-corrected chi connectivity index (χ4v) is 3.99. The van der Waals surface area contributed by atoms with Gasteiger partial charge >= 0.3 is 0 Å². The number of anilines is 1. The van der Waals surface area contributed by atoms with Crippen LogP contribution in [0, 0.1) is 11.3 Å². The predicted molar refractivity (Wildman–Crippen MR) is 100 cm³/mol. The van der Waals surface area contributed by atoms with Crippen LogP contribution in [0.15, 0.2) is 64.4 Å². The highest BCUT2D eigenvalue weighted by atomic mass is 32.2. The van der Waals surface area contributed by atoms with Gasteiger partial charge in [0.05, 0.1) is 12.6 Å². The van der Waals surface area contributed by atoms with Gasteiger partial charge in [-0.2, -0.15) is 5.26 Å². The molecule has 0 aliphatic heterocycles. The van der Waals surface area contributed by atoms with Crippen LogP contribution in [0.4, 0.5) is 5.69 Å². The van der Waals surface area contributed by atoms with Crippen LogP contribution >= 0.6 is 11.8 Å². The molecule has 5 heteroatoms. The van der Waals surface area contributed by atoms with Crippen molar-refractivity contribution in [2.45, 2.75) is 41.0 Å². The molecule has 2 N–H and O–H groups in total. The number of carbonyl (C=O) groups is 1. The molecule has 4 nitrogen and oxygen atoms in total. The van der Waals surface area contributed by atoms with Crippen molar-refractivity contribution in [1.82, 2.24) is 5.32 Å². The lowest BCUT2D eigenvalue weighted by Crippen LogP contribution is -2.47. The summed E-state index contributed by atoms with van der Waals surface area (Å²) >= 11 is 1.66.